The summed E-state index contributed by atoms with van der Waals surface area (Å²) in [7, 11) is 0. The predicted octanol–water partition coefficient (Wildman–Crippen LogP) is 0.0136. The first kappa shape index (κ1) is 5.81. The summed E-state index contributed by atoms with van der Waals surface area (Å²) in [5, 5.41) is 0. The molecule has 1 heterocycles. The Hall–Kier alpha value is -1.32. The molecule has 9 heavy (non-hydrogen) atoms. The molecule has 0 N–H and O–H groups in total. The van der Waals surface area contributed by atoms with Crippen molar-refractivity contribution in [2.75, 3.05) is 0 Å². The van der Waals surface area contributed by atoms with Crippen molar-refractivity contribution in [1.29, 1.82) is 0 Å². The minimum Gasteiger partial charge on any atom is -0.446 e. The van der Waals surface area contributed by atoms with E-state index >= 15 is 0 Å². The van der Waals surface area contributed by atoms with Crippen molar-refractivity contribution in [3.63, 3.8) is 0 Å². The minimum absolute atomic E-state index is 0.240. The molecule has 0 fully saturated rings. The number of carbonyl (C=O) groups excluding carboxylic acids is 1. The van der Waals surface area contributed by atoms with E-state index in [9.17, 15) is 4.79 Å². The molecule has 0 bridgehead atoms. The summed E-state index contributed by atoms with van der Waals surface area (Å²) in [6.45, 7) is 0.642. The molecule has 4 heteroatoms. The van der Waals surface area contributed by atoms with E-state index in [-0.39, 0.29) is 6.73 Å². The number of imidazole rings is 1. The van der Waals surface area contributed by atoms with E-state index in [1.54, 1.807) is 23.3 Å². The van der Waals surface area contributed by atoms with Gasteiger partial charge in [-0.3, -0.25) is 4.79 Å². The molecule has 1 aromatic rings. The second-order valence-corrected chi connectivity index (χ2v) is 1.47. The maximum Gasteiger partial charge on any atom is 0.294 e. The highest BCUT2D eigenvalue weighted by Gasteiger charge is 1.84. The normalized spacial score (nSPS) is 8.89. The van der Waals surface area contributed by atoms with Gasteiger partial charge in [0.2, 0.25) is 0 Å². The van der Waals surface area contributed by atoms with Crippen LogP contribution in [0.1, 0.15) is 0 Å². The van der Waals surface area contributed by atoms with Gasteiger partial charge in [0, 0.05) is 12.4 Å². The number of hydrogen-bond donors (Lipinski definition) is 0. The van der Waals surface area contributed by atoms with Gasteiger partial charge in [0.05, 0.1) is 6.33 Å². The summed E-state index contributed by atoms with van der Waals surface area (Å²) in [5.41, 5.74) is 0. The summed E-state index contributed by atoms with van der Waals surface area (Å²) in [5.74, 6) is 0. The van der Waals surface area contributed by atoms with E-state index in [4.69, 9.17) is 0 Å². The third-order valence-electron chi connectivity index (χ3n) is 0.851. The lowest BCUT2D eigenvalue weighted by atomic mass is 10.9. The third-order valence-corrected chi connectivity index (χ3v) is 0.851. The largest absolute Gasteiger partial charge is 0.446 e. The number of hydrogen-bond acceptors (Lipinski definition) is 3. The first-order chi connectivity index (χ1) is 4.43. The van der Waals surface area contributed by atoms with Crippen LogP contribution in [-0.2, 0) is 16.3 Å². The lowest BCUT2D eigenvalue weighted by Gasteiger charge is -1.95. The molecule has 0 saturated heterocycles. The van der Waals surface area contributed by atoms with Crippen molar-refractivity contribution in [1.82, 2.24) is 9.55 Å². The molecule has 1 aromatic heterocycles. The Morgan fingerprint density at radius 3 is 3.22 bits per heavy atom. The van der Waals surface area contributed by atoms with Gasteiger partial charge in [0.1, 0.15) is 0 Å². The Balaban J connectivity index is 2.38. The quantitative estimate of drug-likeness (QED) is 0.536. The van der Waals surface area contributed by atoms with Crippen LogP contribution in [0.15, 0.2) is 18.7 Å². The molecule has 0 spiro atoms. The Labute approximate surface area is 52.1 Å². The van der Waals surface area contributed by atoms with E-state index in [1.165, 1.54) is 0 Å². The molecule has 0 radical (unpaired) electrons. The summed E-state index contributed by atoms with van der Waals surface area (Å²) in [4.78, 5) is 13.4. The number of carbonyl (C=O) groups is 1. The van der Waals surface area contributed by atoms with Crippen molar-refractivity contribution in [3.8, 4) is 0 Å². The fraction of sp³-hybridized carbons (Fsp3) is 0.200. The van der Waals surface area contributed by atoms with E-state index < -0.39 is 0 Å². The van der Waals surface area contributed by atoms with Crippen LogP contribution in [0.25, 0.3) is 0 Å². The molecule has 0 aliphatic carbocycles. The van der Waals surface area contributed by atoms with Gasteiger partial charge in [-0.25, -0.2) is 4.98 Å². The highest BCUT2D eigenvalue weighted by atomic mass is 16.5. The molecule has 0 aliphatic heterocycles. The van der Waals surface area contributed by atoms with Crippen molar-refractivity contribution >= 4 is 6.47 Å². The second kappa shape index (κ2) is 2.86. The van der Waals surface area contributed by atoms with Crippen molar-refractivity contribution < 1.29 is 9.53 Å². The molecule has 4 nitrogen and oxygen atoms in total. The van der Waals surface area contributed by atoms with E-state index in [1.807, 2.05) is 0 Å². The SMILES string of the molecule is O=COCn1ccnc1. The van der Waals surface area contributed by atoms with Crippen LogP contribution in [0, 0.1) is 0 Å². The number of aromatic nitrogens is 2. The first-order valence-corrected chi connectivity index (χ1v) is 2.44. The van der Waals surface area contributed by atoms with Gasteiger partial charge < -0.3 is 9.30 Å². The van der Waals surface area contributed by atoms with Gasteiger partial charge in [-0.1, -0.05) is 0 Å². The van der Waals surface area contributed by atoms with Crippen LogP contribution >= 0.6 is 0 Å². The Morgan fingerprint density at radius 2 is 2.67 bits per heavy atom. The lowest BCUT2D eigenvalue weighted by molar-refractivity contribution is -0.132. The van der Waals surface area contributed by atoms with Crippen molar-refractivity contribution in [2.24, 2.45) is 0 Å². The van der Waals surface area contributed by atoms with E-state index in [2.05, 4.69) is 9.72 Å². The number of rotatable bonds is 3. The molecule has 1 rings (SSSR count). The topological polar surface area (TPSA) is 44.1 Å². The third kappa shape index (κ3) is 1.56. The molecule has 0 amide bonds. The van der Waals surface area contributed by atoms with Gasteiger partial charge in [-0.2, -0.15) is 0 Å². The van der Waals surface area contributed by atoms with Crippen LogP contribution in [0.4, 0.5) is 0 Å². The predicted molar refractivity (Wildman–Crippen MR) is 29.4 cm³/mol. The Bertz CT molecular complexity index is 171. The zero-order chi connectivity index (χ0) is 6.53. The lowest BCUT2D eigenvalue weighted by Crippen LogP contribution is -1.97. The highest BCUT2D eigenvalue weighted by Crippen LogP contribution is 1.83. The summed E-state index contributed by atoms with van der Waals surface area (Å²) < 4.78 is 6.07. The summed E-state index contributed by atoms with van der Waals surface area (Å²) in [6, 6.07) is 0. The fourth-order valence-electron chi connectivity index (χ4n) is 0.480. The smallest absolute Gasteiger partial charge is 0.294 e. The van der Waals surface area contributed by atoms with Gasteiger partial charge >= 0.3 is 0 Å². The summed E-state index contributed by atoms with van der Waals surface area (Å²) in [6.07, 6.45) is 4.90. The van der Waals surface area contributed by atoms with Crippen LogP contribution in [-0.4, -0.2) is 16.0 Å². The van der Waals surface area contributed by atoms with Crippen molar-refractivity contribution in [3.05, 3.63) is 18.7 Å². The van der Waals surface area contributed by atoms with Crippen LogP contribution in [0.3, 0.4) is 0 Å². The highest BCUT2D eigenvalue weighted by molar-refractivity contribution is 5.36. The van der Waals surface area contributed by atoms with Gasteiger partial charge in [-0.15, -0.1) is 0 Å². The first-order valence-electron chi connectivity index (χ1n) is 2.44. The maximum atomic E-state index is 9.64. The van der Waals surface area contributed by atoms with E-state index in [0.717, 1.165) is 0 Å². The standard InChI is InChI=1S/C5H6N2O2/c8-5-9-4-7-2-1-6-3-7/h1-3,5H,4H2. The van der Waals surface area contributed by atoms with Crippen LogP contribution < -0.4 is 0 Å². The maximum absolute atomic E-state index is 9.64. The van der Waals surface area contributed by atoms with Crippen LogP contribution in [0.2, 0.25) is 0 Å². The molecule has 0 unspecified atom stereocenters. The van der Waals surface area contributed by atoms with E-state index in [0.29, 0.717) is 6.47 Å². The molecule has 0 aromatic carbocycles. The van der Waals surface area contributed by atoms with Gasteiger partial charge in [0.25, 0.3) is 6.47 Å². The minimum atomic E-state index is 0.240. The zero-order valence-electron chi connectivity index (χ0n) is 4.73. The average molecular weight is 126 g/mol. The van der Waals surface area contributed by atoms with Gasteiger partial charge in [0.15, 0.2) is 6.73 Å². The van der Waals surface area contributed by atoms with Crippen LogP contribution in [0.5, 0.6) is 0 Å². The number of ether oxygens (including phenoxy) is 1. The number of nitrogens with zero attached hydrogens (tertiary/aromatic N) is 2. The molecular weight excluding hydrogens is 120 g/mol. The summed E-state index contributed by atoms with van der Waals surface area (Å²) >= 11 is 0. The second-order valence-electron chi connectivity index (χ2n) is 1.47. The zero-order valence-corrected chi connectivity index (χ0v) is 4.73. The molecular formula is C5H6N2O2. The fourth-order valence-corrected chi connectivity index (χ4v) is 0.480. The molecule has 0 atom stereocenters. The molecule has 0 aliphatic rings. The Kier molecular flexibility index (Phi) is 1.85. The molecule has 0 saturated carbocycles. The Morgan fingerprint density at radius 1 is 1.78 bits per heavy atom. The average Bonchev–Trinajstić information content (AvgIpc) is 2.34. The molecule has 48 valence electrons. The monoisotopic (exact) mass is 126 g/mol. The van der Waals surface area contributed by atoms with Gasteiger partial charge in [-0.05, 0) is 0 Å². The van der Waals surface area contributed by atoms with Crippen molar-refractivity contribution in [2.45, 2.75) is 6.73 Å².